The topological polar surface area (TPSA) is 59.4 Å². The summed E-state index contributed by atoms with van der Waals surface area (Å²) in [6.45, 7) is 1.88. The van der Waals surface area contributed by atoms with Crippen LogP contribution in [0.2, 0.25) is 0 Å². The van der Waals surface area contributed by atoms with Crippen LogP contribution in [0.5, 0.6) is 5.75 Å². The molecule has 0 saturated heterocycles. The molecule has 2 rings (SSSR count). The van der Waals surface area contributed by atoms with Crippen LogP contribution in [-0.2, 0) is 4.79 Å². The number of pyridine rings is 1. The average molecular weight is 269 g/mol. The predicted octanol–water partition coefficient (Wildman–Crippen LogP) is 3.02. The maximum atomic E-state index is 11.5. The highest BCUT2D eigenvalue weighted by atomic mass is 16.5. The van der Waals surface area contributed by atoms with Crippen LogP contribution in [0.15, 0.2) is 42.7 Å². The lowest BCUT2D eigenvalue weighted by atomic mass is 10.0. The van der Waals surface area contributed by atoms with Crippen molar-refractivity contribution < 1.29 is 14.6 Å². The van der Waals surface area contributed by atoms with E-state index in [-0.39, 0.29) is 5.57 Å². The van der Waals surface area contributed by atoms with E-state index in [1.54, 1.807) is 49.8 Å². The lowest BCUT2D eigenvalue weighted by molar-refractivity contribution is -0.130. The highest BCUT2D eigenvalue weighted by Gasteiger charge is 2.12. The van der Waals surface area contributed by atoms with E-state index in [9.17, 15) is 9.90 Å². The van der Waals surface area contributed by atoms with E-state index in [4.69, 9.17) is 4.74 Å². The molecule has 4 heteroatoms. The van der Waals surface area contributed by atoms with Gasteiger partial charge in [-0.3, -0.25) is 4.98 Å². The maximum Gasteiger partial charge on any atom is 0.336 e. The average Bonchev–Trinajstić information content (AvgIpc) is 2.45. The number of hydrogen-bond acceptors (Lipinski definition) is 3. The Hall–Kier alpha value is -2.62. The Morgan fingerprint density at radius 1 is 1.35 bits per heavy atom. The summed E-state index contributed by atoms with van der Waals surface area (Å²) < 4.78 is 5.18. The largest absolute Gasteiger partial charge is 0.496 e. The van der Waals surface area contributed by atoms with Crippen LogP contribution < -0.4 is 4.74 Å². The van der Waals surface area contributed by atoms with Gasteiger partial charge in [-0.2, -0.15) is 0 Å². The van der Waals surface area contributed by atoms with Gasteiger partial charge in [-0.25, -0.2) is 4.79 Å². The lowest BCUT2D eigenvalue weighted by Gasteiger charge is -2.08. The molecule has 2 aromatic rings. The molecule has 1 aromatic heterocycles. The smallest absolute Gasteiger partial charge is 0.336 e. The van der Waals surface area contributed by atoms with E-state index >= 15 is 0 Å². The van der Waals surface area contributed by atoms with E-state index in [1.165, 1.54) is 0 Å². The van der Waals surface area contributed by atoms with Crippen LogP contribution in [0.4, 0.5) is 0 Å². The van der Waals surface area contributed by atoms with Gasteiger partial charge < -0.3 is 9.84 Å². The van der Waals surface area contributed by atoms with Crippen LogP contribution in [0.3, 0.4) is 0 Å². The molecule has 0 atom stereocenters. The molecule has 0 aliphatic heterocycles. The van der Waals surface area contributed by atoms with Gasteiger partial charge in [-0.1, -0.05) is 12.1 Å². The van der Waals surface area contributed by atoms with Crippen molar-refractivity contribution in [1.82, 2.24) is 4.98 Å². The van der Waals surface area contributed by atoms with Gasteiger partial charge in [-0.15, -0.1) is 0 Å². The van der Waals surface area contributed by atoms with Crippen LogP contribution in [0, 0.1) is 6.92 Å². The van der Waals surface area contributed by atoms with Gasteiger partial charge in [0.15, 0.2) is 0 Å². The van der Waals surface area contributed by atoms with Crippen molar-refractivity contribution in [3.63, 3.8) is 0 Å². The normalized spacial score (nSPS) is 11.2. The number of aryl methyl sites for hydroxylation is 1. The molecule has 0 radical (unpaired) electrons. The first-order valence-electron chi connectivity index (χ1n) is 6.12. The molecular weight excluding hydrogens is 254 g/mol. The van der Waals surface area contributed by atoms with Gasteiger partial charge in [0, 0.05) is 12.4 Å². The molecule has 0 unspecified atom stereocenters. The lowest BCUT2D eigenvalue weighted by Crippen LogP contribution is -2.00. The molecule has 1 heterocycles. The second-order valence-electron chi connectivity index (χ2n) is 4.33. The summed E-state index contributed by atoms with van der Waals surface area (Å²) in [5, 5.41) is 9.39. The predicted molar refractivity (Wildman–Crippen MR) is 77.5 cm³/mol. The Morgan fingerprint density at radius 3 is 2.70 bits per heavy atom. The molecule has 0 spiro atoms. The third-order valence-electron chi connectivity index (χ3n) is 2.93. The van der Waals surface area contributed by atoms with Crippen LogP contribution in [0.25, 0.3) is 11.6 Å². The summed E-state index contributed by atoms with van der Waals surface area (Å²) in [5.41, 5.74) is 2.50. The summed E-state index contributed by atoms with van der Waals surface area (Å²) in [6, 6.07) is 8.89. The molecule has 1 aromatic carbocycles. The first kappa shape index (κ1) is 13.8. The first-order valence-corrected chi connectivity index (χ1v) is 6.12. The summed E-state index contributed by atoms with van der Waals surface area (Å²) in [4.78, 5) is 15.4. The van der Waals surface area contributed by atoms with E-state index in [2.05, 4.69) is 4.98 Å². The van der Waals surface area contributed by atoms with Gasteiger partial charge in [0.2, 0.25) is 0 Å². The van der Waals surface area contributed by atoms with E-state index in [0.717, 1.165) is 16.9 Å². The number of aliphatic carboxylic acids is 1. The number of carboxylic acids is 1. The van der Waals surface area contributed by atoms with Gasteiger partial charge in [0.25, 0.3) is 0 Å². The number of benzene rings is 1. The number of ether oxygens (including phenoxy) is 1. The first-order chi connectivity index (χ1) is 9.61. The van der Waals surface area contributed by atoms with Crippen molar-refractivity contribution >= 4 is 17.6 Å². The highest BCUT2D eigenvalue weighted by molar-refractivity contribution is 6.20. The van der Waals surface area contributed by atoms with Gasteiger partial charge in [0.1, 0.15) is 5.75 Å². The zero-order valence-electron chi connectivity index (χ0n) is 11.3. The molecule has 102 valence electrons. The minimum absolute atomic E-state index is 0.226. The molecular formula is C16H15NO3. The Kier molecular flexibility index (Phi) is 4.15. The number of carbonyl (C=O) groups is 1. The molecule has 0 fully saturated rings. The molecule has 4 nitrogen and oxygen atoms in total. The Morgan fingerprint density at radius 2 is 2.15 bits per heavy atom. The summed E-state index contributed by atoms with van der Waals surface area (Å²) in [6.07, 6.45) is 4.88. The number of methoxy groups -OCH3 is 1. The van der Waals surface area contributed by atoms with Crippen molar-refractivity contribution in [2.24, 2.45) is 0 Å². The summed E-state index contributed by atoms with van der Waals surface area (Å²) in [7, 11) is 1.59. The van der Waals surface area contributed by atoms with E-state index in [0.29, 0.717) is 5.56 Å². The minimum Gasteiger partial charge on any atom is -0.496 e. The van der Waals surface area contributed by atoms with Crippen molar-refractivity contribution in [2.75, 3.05) is 7.11 Å². The zero-order valence-corrected chi connectivity index (χ0v) is 11.3. The van der Waals surface area contributed by atoms with E-state index in [1.807, 2.05) is 13.0 Å². The fourth-order valence-electron chi connectivity index (χ4n) is 1.94. The summed E-state index contributed by atoms with van der Waals surface area (Å²) in [5.74, 6) is -0.238. The van der Waals surface area contributed by atoms with Crippen LogP contribution in [0.1, 0.15) is 16.7 Å². The molecule has 20 heavy (non-hydrogen) atoms. The Balaban J connectivity index is 2.47. The zero-order chi connectivity index (χ0) is 14.5. The van der Waals surface area contributed by atoms with Crippen molar-refractivity contribution in [3.05, 3.63) is 59.4 Å². The van der Waals surface area contributed by atoms with Crippen LogP contribution >= 0.6 is 0 Å². The molecule has 0 amide bonds. The second-order valence-corrected chi connectivity index (χ2v) is 4.33. The van der Waals surface area contributed by atoms with Gasteiger partial charge in [-0.05, 0) is 47.9 Å². The number of aromatic nitrogens is 1. The van der Waals surface area contributed by atoms with Crippen LogP contribution in [-0.4, -0.2) is 23.2 Å². The molecule has 0 bridgehead atoms. The highest BCUT2D eigenvalue weighted by Crippen LogP contribution is 2.24. The molecule has 1 N–H and O–H groups in total. The van der Waals surface area contributed by atoms with E-state index < -0.39 is 5.97 Å². The van der Waals surface area contributed by atoms with Gasteiger partial charge in [0.05, 0.1) is 12.7 Å². The monoisotopic (exact) mass is 269 g/mol. The Bertz CT molecular complexity index is 648. The summed E-state index contributed by atoms with van der Waals surface area (Å²) >= 11 is 0. The number of nitrogens with zero attached hydrogens (tertiary/aromatic N) is 1. The molecule has 0 aliphatic rings. The third-order valence-corrected chi connectivity index (χ3v) is 2.93. The number of carboxylic acid groups (broad SMARTS) is 1. The number of rotatable bonds is 4. The fraction of sp³-hybridized carbons (Fsp3) is 0.125. The van der Waals surface area contributed by atoms with Gasteiger partial charge >= 0.3 is 5.97 Å². The third kappa shape index (κ3) is 3.03. The minimum atomic E-state index is -0.974. The molecule has 0 aliphatic carbocycles. The quantitative estimate of drug-likeness (QED) is 0.867. The van der Waals surface area contributed by atoms with Crippen molar-refractivity contribution in [1.29, 1.82) is 0 Å². The Labute approximate surface area is 117 Å². The fourth-order valence-corrected chi connectivity index (χ4v) is 1.94. The second kappa shape index (κ2) is 6.02. The van der Waals surface area contributed by atoms with Crippen molar-refractivity contribution in [3.8, 4) is 5.75 Å². The molecule has 0 saturated carbocycles. The number of hydrogen-bond donors (Lipinski definition) is 1. The van der Waals surface area contributed by atoms with Crippen molar-refractivity contribution in [2.45, 2.75) is 6.92 Å². The SMILES string of the molecule is COc1ccc(/C(=C/c2cccnc2)C(=O)O)cc1C. The maximum absolute atomic E-state index is 11.5. The standard InChI is InChI=1S/C16H15NO3/c1-11-8-13(5-6-15(11)20-2)14(16(18)19)9-12-4-3-7-17-10-12/h3-10H,1-2H3,(H,18,19)/b14-9-.